The molecule has 2 aromatic carbocycles. The molecule has 3 aromatic rings. The fraction of sp³-hybridized carbons (Fsp3) is 0.190. The van der Waals surface area contributed by atoms with Crippen molar-refractivity contribution in [3.05, 3.63) is 66.5 Å². The van der Waals surface area contributed by atoms with Gasteiger partial charge in [-0.2, -0.15) is 8.78 Å². The number of thioether (sulfide) groups is 1. The molecule has 1 N–H and O–H groups in total. The molecule has 0 saturated carbocycles. The molecule has 1 amide bonds. The summed E-state index contributed by atoms with van der Waals surface area (Å²) in [4.78, 5) is 29.2. The Kier molecular flexibility index (Phi) is 7.24. The largest absolute Gasteiger partial charge is 0.449 e. The van der Waals surface area contributed by atoms with Crippen LogP contribution in [-0.2, 0) is 9.53 Å². The third kappa shape index (κ3) is 5.60. The zero-order valence-electron chi connectivity index (χ0n) is 16.6. The van der Waals surface area contributed by atoms with E-state index in [0.717, 1.165) is 5.16 Å². The minimum absolute atomic E-state index is 0.0439. The highest BCUT2D eigenvalue weighted by atomic mass is 32.2. The van der Waals surface area contributed by atoms with Gasteiger partial charge in [0.25, 0.3) is 5.91 Å². The summed E-state index contributed by atoms with van der Waals surface area (Å²) in [5.74, 6) is -1.58. The summed E-state index contributed by atoms with van der Waals surface area (Å²) < 4.78 is 36.5. The summed E-state index contributed by atoms with van der Waals surface area (Å²) in [6.07, 6.45) is 4.14. The number of nitrogens with zero attached hydrogens (tertiary/aromatic N) is 2. The third-order valence-electron chi connectivity index (χ3n) is 4.16. The number of esters is 1. The number of carbonyl (C=O) groups is 2. The van der Waals surface area contributed by atoms with E-state index >= 15 is 0 Å². The SMILES string of the molecule is CSc1nccn1-c1cccc(C(=O)O[C@H](C)C(=O)Nc2ccccc2OC(F)F)c1. The molecular weight excluding hydrogens is 428 g/mol. The van der Waals surface area contributed by atoms with Crippen LogP contribution in [0, 0.1) is 0 Å². The number of imidazole rings is 1. The molecule has 0 fully saturated rings. The lowest BCUT2D eigenvalue weighted by Gasteiger charge is -2.16. The lowest BCUT2D eigenvalue weighted by Crippen LogP contribution is -2.30. The van der Waals surface area contributed by atoms with Crippen molar-refractivity contribution in [1.29, 1.82) is 0 Å². The zero-order valence-corrected chi connectivity index (χ0v) is 17.4. The molecular formula is C21H19F2N3O4S. The molecule has 0 aliphatic heterocycles. The number of benzene rings is 2. The van der Waals surface area contributed by atoms with Crippen LogP contribution in [0.25, 0.3) is 5.69 Å². The molecule has 0 aliphatic carbocycles. The van der Waals surface area contributed by atoms with Crippen molar-refractivity contribution in [3.8, 4) is 11.4 Å². The van der Waals surface area contributed by atoms with Crippen LogP contribution in [0.1, 0.15) is 17.3 Å². The highest BCUT2D eigenvalue weighted by Gasteiger charge is 2.21. The zero-order chi connectivity index (χ0) is 22.4. The third-order valence-corrected chi connectivity index (χ3v) is 4.83. The van der Waals surface area contributed by atoms with E-state index in [0.29, 0.717) is 5.69 Å². The molecule has 0 aliphatic rings. The van der Waals surface area contributed by atoms with Gasteiger partial charge in [0, 0.05) is 18.1 Å². The van der Waals surface area contributed by atoms with Gasteiger partial charge in [0.2, 0.25) is 0 Å². The molecule has 1 aromatic heterocycles. The van der Waals surface area contributed by atoms with Crippen molar-refractivity contribution < 1.29 is 27.8 Å². The monoisotopic (exact) mass is 447 g/mol. The predicted molar refractivity (Wildman–Crippen MR) is 112 cm³/mol. The van der Waals surface area contributed by atoms with E-state index in [1.807, 2.05) is 16.9 Å². The maximum atomic E-state index is 12.5. The first kappa shape index (κ1) is 22.3. The number of amides is 1. The second kappa shape index (κ2) is 10.1. The van der Waals surface area contributed by atoms with Crippen molar-refractivity contribution in [1.82, 2.24) is 9.55 Å². The molecule has 162 valence electrons. The number of nitrogens with one attached hydrogen (secondary N) is 1. The average molecular weight is 447 g/mol. The fourth-order valence-corrected chi connectivity index (χ4v) is 3.23. The second-order valence-corrected chi connectivity index (χ2v) is 7.02. The Morgan fingerprint density at radius 1 is 1.16 bits per heavy atom. The lowest BCUT2D eigenvalue weighted by atomic mass is 10.2. The molecule has 31 heavy (non-hydrogen) atoms. The summed E-state index contributed by atoms with van der Waals surface area (Å²) in [5.41, 5.74) is 1.01. The molecule has 0 bridgehead atoms. The Morgan fingerprint density at radius 2 is 1.94 bits per heavy atom. The minimum atomic E-state index is -3.04. The van der Waals surface area contributed by atoms with E-state index in [1.54, 1.807) is 36.7 Å². The first-order valence-corrected chi connectivity index (χ1v) is 10.3. The maximum Gasteiger partial charge on any atom is 0.387 e. The molecule has 0 radical (unpaired) electrons. The highest BCUT2D eigenvalue weighted by Crippen LogP contribution is 2.26. The van der Waals surface area contributed by atoms with Crippen LogP contribution in [0.15, 0.2) is 66.1 Å². The molecule has 7 nitrogen and oxygen atoms in total. The molecule has 1 atom stereocenters. The number of aromatic nitrogens is 2. The summed E-state index contributed by atoms with van der Waals surface area (Å²) in [5, 5.41) is 3.18. The molecule has 0 spiro atoms. The number of hydrogen-bond donors (Lipinski definition) is 1. The summed E-state index contributed by atoms with van der Waals surface area (Å²) in [6.45, 7) is -1.65. The number of hydrogen-bond acceptors (Lipinski definition) is 6. The standard InChI is InChI=1S/C21H19F2N3O4S/c1-13(18(27)25-16-8-3-4-9-17(16)30-20(22)23)29-19(28)14-6-5-7-15(12-14)26-11-10-24-21(26)31-2/h3-13,20H,1-2H3,(H,25,27)/t13-/m1/s1. The first-order chi connectivity index (χ1) is 14.9. The van der Waals surface area contributed by atoms with Crippen molar-refractivity contribution in [2.24, 2.45) is 0 Å². The summed E-state index contributed by atoms with van der Waals surface area (Å²) in [7, 11) is 0. The van der Waals surface area contributed by atoms with Crippen molar-refractivity contribution in [2.75, 3.05) is 11.6 Å². The van der Waals surface area contributed by atoms with E-state index in [4.69, 9.17) is 4.74 Å². The van der Waals surface area contributed by atoms with Crippen LogP contribution < -0.4 is 10.1 Å². The number of anilines is 1. The summed E-state index contributed by atoms with van der Waals surface area (Å²) >= 11 is 1.46. The molecule has 1 heterocycles. The van der Waals surface area contributed by atoms with Gasteiger partial charge in [-0.25, -0.2) is 9.78 Å². The number of para-hydroxylation sites is 2. The van der Waals surface area contributed by atoms with E-state index in [2.05, 4.69) is 15.0 Å². The molecule has 0 unspecified atom stereocenters. The second-order valence-electron chi connectivity index (χ2n) is 6.25. The normalized spacial score (nSPS) is 11.8. The van der Waals surface area contributed by atoms with Crippen molar-refractivity contribution in [2.45, 2.75) is 24.8 Å². The lowest BCUT2D eigenvalue weighted by molar-refractivity contribution is -0.123. The average Bonchev–Trinajstić information content (AvgIpc) is 3.23. The predicted octanol–water partition coefficient (Wildman–Crippen LogP) is 4.38. The van der Waals surface area contributed by atoms with Gasteiger partial charge in [-0.15, -0.1) is 0 Å². The van der Waals surface area contributed by atoms with Crippen LogP contribution in [0.2, 0.25) is 0 Å². The van der Waals surface area contributed by atoms with Gasteiger partial charge in [0.05, 0.1) is 11.3 Å². The van der Waals surface area contributed by atoms with Crippen molar-refractivity contribution >= 4 is 29.3 Å². The first-order valence-electron chi connectivity index (χ1n) is 9.12. The van der Waals surface area contributed by atoms with Gasteiger partial charge in [0.15, 0.2) is 11.3 Å². The van der Waals surface area contributed by atoms with E-state index in [1.165, 1.54) is 36.9 Å². The van der Waals surface area contributed by atoms with Crippen LogP contribution in [-0.4, -0.2) is 40.4 Å². The molecule has 0 saturated heterocycles. The van der Waals surface area contributed by atoms with E-state index in [-0.39, 0.29) is 17.0 Å². The van der Waals surface area contributed by atoms with Gasteiger partial charge in [-0.3, -0.25) is 9.36 Å². The molecule has 3 rings (SSSR count). The number of rotatable bonds is 8. The van der Waals surface area contributed by atoms with Crippen LogP contribution >= 0.6 is 11.8 Å². The van der Waals surface area contributed by atoms with Crippen LogP contribution in [0.3, 0.4) is 0 Å². The Balaban J connectivity index is 1.68. The Morgan fingerprint density at radius 3 is 2.68 bits per heavy atom. The van der Waals surface area contributed by atoms with Gasteiger partial charge in [0.1, 0.15) is 5.75 Å². The van der Waals surface area contributed by atoms with Crippen LogP contribution in [0.5, 0.6) is 5.75 Å². The Bertz CT molecular complexity index is 1070. The Hall–Kier alpha value is -3.40. The van der Waals surface area contributed by atoms with Gasteiger partial charge in [-0.1, -0.05) is 30.0 Å². The van der Waals surface area contributed by atoms with Crippen molar-refractivity contribution in [3.63, 3.8) is 0 Å². The number of halogens is 2. The van der Waals surface area contributed by atoms with Gasteiger partial charge >= 0.3 is 12.6 Å². The van der Waals surface area contributed by atoms with Gasteiger partial charge < -0.3 is 14.8 Å². The Labute approximate surface area is 181 Å². The minimum Gasteiger partial charge on any atom is -0.449 e. The smallest absolute Gasteiger partial charge is 0.387 e. The quantitative estimate of drug-likeness (QED) is 0.408. The van der Waals surface area contributed by atoms with Gasteiger partial charge in [-0.05, 0) is 43.5 Å². The highest BCUT2D eigenvalue weighted by molar-refractivity contribution is 7.98. The van der Waals surface area contributed by atoms with Crippen LogP contribution in [0.4, 0.5) is 14.5 Å². The maximum absolute atomic E-state index is 12.5. The fourth-order valence-electron chi connectivity index (χ4n) is 2.71. The molecule has 10 heteroatoms. The number of ether oxygens (including phenoxy) is 2. The topological polar surface area (TPSA) is 82.5 Å². The van der Waals surface area contributed by atoms with E-state index < -0.39 is 24.6 Å². The number of carbonyl (C=O) groups excluding carboxylic acids is 2. The van der Waals surface area contributed by atoms with E-state index in [9.17, 15) is 18.4 Å². The number of alkyl halides is 2. The summed E-state index contributed by atoms with van der Waals surface area (Å²) in [6, 6.07) is 12.4.